The number of hydrogen-bond donors (Lipinski definition) is 0. The van der Waals surface area contributed by atoms with E-state index < -0.39 is 0 Å². The molecule has 0 bridgehead atoms. The molecule has 0 atom stereocenters. The molecular formula is C19H16BrNO3S2. The Balaban J connectivity index is 1.85. The summed E-state index contributed by atoms with van der Waals surface area (Å²) in [5.41, 5.74) is 2.32. The molecule has 1 heterocycles. The fourth-order valence-electron chi connectivity index (χ4n) is 2.33. The highest BCUT2D eigenvalue weighted by Crippen LogP contribution is 2.38. The zero-order chi connectivity index (χ0) is 18.5. The molecule has 3 rings (SSSR count). The number of benzene rings is 2. The van der Waals surface area contributed by atoms with Crippen molar-refractivity contribution in [3.8, 4) is 11.5 Å². The molecular weight excluding hydrogens is 434 g/mol. The van der Waals surface area contributed by atoms with Gasteiger partial charge in [-0.05, 0) is 63.3 Å². The third-order valence-corrected chi connectivity index (χ3v) is 6.00. The van der Waals surface area contributed by atoms with Crippen LogP contribution >= 0.6 is 39.5 Å². The molecule has 0 spiro atoms. The number of halogens is 1. The van der Waals surface area contributed by atoms with Crippen LogP contribution in [0.25, 0.3) is 6.08 Å². The van der Waals surface area contributed by atoms with Crippen molar-refractivity contribution < 1.29 is 14.3 Å². The van der Waals surface area contributed by atoms with Crippen molar-refractivity contribution in [3.05, 3.63) is 63.8 Å². The molecule has 4 nitrogen and oxygen atoms in total. The van der Waals surface area contributed by atoms with Crippen molar-refractivity contribution in [1.82, 2.24) is 0 Å². The fourth-order valence-corrected chi connectivity index (χ4v) is 4.16. The highest BCUT2D eigenvalue weighted by atomic mass is 79.9. The first-order valence-electron chi connectivity index (χ1n) is 7.71. The normalized spacial score (nSPS) is 15.3. The number of hydrogen-bond acceptors (Lipinski definition) is 6. The molecule has 0 aliphatic carbocycles. The van der Waals surface area contributed by atoms with Gasteiger partial charge in [0.15, 0.2) is 11.5 Å². The van der Waals surface area contributed by atoms with Gasteiger partial charge < -0.3 is 9.47 Å². The van der Waals surface area contributed by atoms with Crippen LogP contribution in [0.4, 0.5) is 0 Å². The molecule has 2 aromatic carbocycles. The molecule has 0 amide bonds. The lowest BCUT2D eigenvalue weighted by atomic mass is 10.1. The van der Waals surface area contributed by atoms with Crippen LogP contribution in [0.15, 0.2) is 57.6 Å². The molecule has 26 heavy (non-hydrogen) atoms. The van der Waals surface area contributed by atoms with Crippen LogP contribution in [0.3, 0.4) is 0 Å². The van der Waals surface area contributed by atoms with Gasteiger partial charge in [-0.25, -0.2) is 4.99 Å². The lowest BCUT2D eigenvalue weighted by molar-refractivity contribution is -0.107. The summed E-state index contributed by atoms with van der Waals surface area (Å²) in [6, 6.07) is 13.6. The Morgan fingerprint density at radius 1 is 1.27 bits per heavy atom. The van der Waals surface area contributed by atoms with Gasteiger partial charge in [0, 0.05) is 0 Å². The van der Waals surface area contributed by atoms with Gasteiger partial charge in [-0.2, -0.15) is 0 Å². The van der Waals surface area contributed by atoms with Gasteiger partial charge in [-0.3, -0.25) is 4.79 Å². The van der Waals surface area contributed by atoms with Gasteiger partial charge in [-0.15, -0.1) is 11.8 Å². The molecule has 0 unspecified atom stereocenters. The topological polar surface area (TPSA) is 47.9 Å². The van der Waals surface area contributed by atoms with Crippen LogP contribution in [0.1, 0.15) is 11.1 Å². The van der Waals surface area contributed by atoms with Crippen LogP contribution in [0.5, 0.6) is 11.5 Å². The smallest absolute Gasteiger partial charge is 0.244 e. The molecule has 134 valence electrons. The third-order valence-electron chi connectivity index (χ3n) is 3.56. The molecule has 0 N–H and O–H groups in total. The Bertz CT molecular complexity index is 882. The largest absolute Gasteiger partial charge is 0.493 e. The van der Waals surface area contributed by atoms with Gasteiger partial charge >= 0.3 is 0 Å². The first-order valence-corrected chi connectivity index (χ1v) is 10.5. The van der Waals surface area contributed by atoms with E-state index in [2.05, 4.69) is 20.9 Å². The minimum absolute atomic E-state index is 0.0474. The number of nitrogens with zero attached hydrogens (tertiary/aromatic N) is 1. The quantitative estimate of drug-likeness (QED) is 0.574. The average Bonchev–Trinajstić information content (AvgIpc) is 3.01. The zero-order valence-electron chi connectivity index (χ0n) is 14.2. The molecule has 0 fully saturated rings. The lowest BCUT2D eigenvalue weighted by Gasteiger charge is -2.13. The Morgan fingerprint density at radius 2 is 2.04 bits per heavy atom. The van der Waals surface area contributed by atoms with Crippen molar-refractivity contribution >= 4 is 55.0 Å². The van der Waals surface area contributed by atoms with E-state index in [1.54, 1.807) is 13.2 Å². The van der Waals surface area contributed by atoms with E-state index in [0.717, 1.165) is 31.7 Å². The Hall–Kier alpha value is -1.70. The van der Waals surface area contributed by atoms with Crippen molar-refractivity contribution in [3.63, 3.8) is 0 Å². The maximum atomic E-state index is 12.0. The second-order valence-corrected chi connectivity index (χ2v) is 8.18. The van der Waals surface area contributed by atoms with E-state index in [1.807, 2.05) is 48.7 Å². The molecule has 7 heteroatoms. The Labute approximate surface area is 169 Å². The molecule has 2 aromatic rings. The first kappa shape index (κ1) is 19.1. The van der Waals surface area contributed by atoms with Crippen LogP contribution in [-0.2, 0) is 11.4 Å². The minimum atomic E-state index is -0.0474. The van der Waals surface area contributed by atoms with Crippen LogP contribution < -0.4 is 9.47 Å². The van der Waals surface area contributed by atoms with E-state index in [-0.39, 0.29) is 5.12 Å². The number of carbonyl (C=O) groups is 1. The molecule has 0 aromatic heterocycles. The summed E-state index contributed by atoms with van der Waals surface area (Å²) in [5, 5.41) is -0.0474. The number of ether oxygens (including phenoxy) is 2. The number of rotatable bonds is 5. The Morgan fingerprint density at radius 3 is 2.69 bits per heavy atom. The van der Waals surface area contributed by atoms with Crippen LogP contribution in [0.2, 0.25) is 0 Å². The van der Waals surface area contributed by atoms with E-state index in [4.69, 9.17) is 9.47 Å². The van der Waals surface area contributed by atoms with E-state index in [9.17, 15) is 4.79 Å². The Kier molecular flexibility index (Phi) is 6.45. The standard InChI is InChI=1S/C19H16BrNO3S2/c1-23-16-10-13(9-15-18(22)26-19(21-15)25-2)8-14(20)17(16)24-11-12-6-4-3-5-7-12/h3-10H,11H2,1-2H3. The second kappa shape index (κ2) is 8.79. The van der Waals surface area contributed by atoms with Crippen LogP contribution in [-0.4, -0.2) is 22.9 Å². The average molecular weight is 450 g/mol. The van der Waals surface area contributed by atoms with Gasteiger partial charge in [0.1, 0.15) is 16.7 Å². The minimum Gasteiger partial charge on any atom is -0.493 e. The van der Waals surface area contributed by atoms with Crippen molar-refractivity contribution in [2.24, 2.45) is 4.99 Å². The first-order chi connectivity index (χ1) is 12.6. The predicted octanol–water partition coefficient (Wildman–Crippen LogP) is 5.37. The monoisotopic (exact) mass is 449 g/mol. The van der Waals surface area contributed by atoms with Crippen molar-refractivity contribution in [1.29, 1.82) is 0 Å². The third kappa shape index (κ3) is 4.52. The summed E-state index contributed by atoms with van der Waals surface area (Å²) in [5.74, 6) is 1.22. The number of aliphatic imine (C=N–C) groups is 1. The number of carbonyl (C=O) groups excluding carboxylic acids is 1. The van der Waals surface area contributed by atoms with Crippen molar-refractivity contribution in [2.45, 2.75) is 6.61 Å². The van der Waals surface area contributed by atoms with Crippen LogP contribution in [0, 0.1) is 0 Å². The lowest BCUT2D eigenvalue weighted by Crippen LogP contribution is -1.99. The molecule has 0 saturated carbocycles. The number of thioether (sulfide) groups is 2. The molecule has 0 radical (unpaired) electrons. The molecule has 1 aliphatic rings. The summed E-state index contributed by atoms with van der Waals surface area (Å²) >= 11 is 6.16. The summed E-state index contributed by atoms with van der Waals surface area (Å²) in [4.78, 5) is 16.3. The van der Waals surface area contributed by atoms with Gasteiger partial charge in [0.05, 0.1) is 11.6 Å². The number of methoxy groups -OCH3 is 1. The van der Waals surface area contributed by atoms with E-state index in [1.165, 1.54) is 11.8 Å². The van der Waals surface area contributed by atoms with Gasteiger partial charge in [0.2, 0.25) is 5.12 Å². The second-order valence-electron chi connectivity index (χ2n) is 5.31. The van der Waals surface area contributed by atoms with E-state index >= 15 is 0 Å². The summed E-state index contributed by atoms with van der Waals surface area (Å²) < 4.78 is 12.9. The maximum absolute atomic E-state index is 12.0. The molecule has 1 aliphatic heterocycles. The van der Waals surface area contributed by atoms with Gasteiger partial charge in [0.25, 0.3) is 0 Å². The predicted molar refractivity (Wildman–Crippen MR) is 113 cm³/mol. The SMILES string of the molecule is COc1cc(C=C2N=C(SC)SC2=O)cc(Br)c1OCc1ccccc1. The van der Waals surface area contributed by atoms with Crippen molar-refractivity contribution in [2.75, 3.05) is 13.4 Å². The highest BCUT2D eigenvalue weighted by Gasteiger charge is 2.22. The summed E-state index contributed by atoms with van der Waals surface area (Å²) in [7, 11) is 1.59. The van der Waals surface area contributed by atoms with E-state index in [0.29, 0.717) is 23.8 Å². The summed E-state index contributed by atoms with van der Waals surface area (Å²) in [6.07, 6.45) is 3.66. The fraction of sp³-hybridized carbons (Fsp3) is 0.158. The molecule has 0 saturated heterocycles. The van der Waals surface area contributed by atoms with Gasteiger partial charge in [-0.1, -0.05) is 30.3 Å². The highest BCUT2D eigenvalue weighted by molar-refractivity contribution is 9.10. The summed E-state index contributed by atoms with van der Waals surface area (Å²) in [6.45, 7) is 0.437. The zero-order valence-corrected chi connectivity index (χ0v) is 17.4. The maximum Gasteiger partial charge on any atom is 0.244 e.